The summed E-state index contributed by atoms with van der Waals surface area (Å²) in [7, 11) is 1.59. The molecule has 0 aliphatic heterocycles. The van der Waals surface area contributed by atoms with Crippen LogP contribution in [0.5, 0.6) is 0 Å². The Balaban J connectivity index is 2.23. The van der Waals surface area contributed by atoms with Crippen LogP contribution in [-0.4, -0.2) is 17.1 Å². The summed E-state index contributed by atoms with van der Waals surface area (Å²) in [5, 5.41) is 0. The number of H-pyrrole nitrogens is 1. The number of aromatic nitrogens is 2. The minimum atomic E-state index is -0.140. The Morgan fingerprint density at radius 1 is 1.28 bits per heavy atom. The van der Waals surface area contributed by atoms with Gasteiger partial charge in [0.15, 0.2) is 0 Å². The van der Waals surface area contributed by atoms with Crippen molar-refractivity contribution in [1.82, 2.24) is 9.97 Å². The van der Waals surface area contributed by atoms with Gasteiger partial charge in [0.1, 0.15) is 5.82 Å². The van der Waals surface area contributed by atoms with Gasteiger partial charge in [-0.2, -0.15) is 0 Å². The van der Waals surface area contributed by atoms with E-state index in [1.165, 1.54) is 11.6 Å². The number of hydrogen-bond acceptors (Lipinski definition) is 3. The van der Waals surface area contributed by atoms with Gasteiger partial charge in [-0.1, -0.05) is 29.8 Å². The summed E-state index contributed by atoms with van der Waals surface area (Å²) in [4.78, 5) is 18.6. The second-order valence-corrected chi connectivity index (χ2v) is 4.28. The van der Waals surface area contributed by atoms with Crippen molar-refractivity contribution in [3.63, 3.8) is 0 Å². The van der Waals surface area contributed by atoms with E-state index in [-0.39, 0.29) is 5.56 Å². The molecule has 0 aliphatic rings. The third kappa shape index (κ3) is 3.28. The molecule has 1 N–H and O–H groups in total. The molecule has 0 radical (unpaired) electrons. The van der Waals surface area contributed by atoms with Crippen LogP contribution in [0.25, 0.3) is 0 Å². The van der Waals surface area contributed by atoms with Crippen molar-refractivity contribution in [3.05, 3.63) is 63.3 Å². The molecule has 1 heterocycles. The van der Waals surface area contributed by atoms with Gasteiger partial charge >= 0.3 is 0 Å². The summed E-state index contributed by atoms with van der Waals surface area (Å²) in [5.41, 5.74) is 2.86. The smallest absolute Gasteiger partial charge is 0.251 e. The van der Waals surface area contributed by atoms with Crippen molar-refractivity contribution >= 4 is 0 Å². The fourth-order valence-corrected chi connectivity index (χ4v) is 1.77. The van der Waals surface area contributed by atoms with Crippen molar-refractivity contribution < 1.29 is 4.74 Å². The first-order valence-electron chi connectivity index (χ1n) is 5.81. The van der Waals surface area contributed by atoms with E-state index >= 15 is 0 Å². The van der Waals surface area contributed by atoms with Gasteiger partial charge in [0.05, 0.1) is 12.3 Å². The van der Waals surface area contributed by atoms with Gasteiger partial charge in [0, 0.05) is 19.6 Å². The van der Waals surface area contributed by atoms with Crippen LogP contribution in [0.1, 0.15) is 22.6 Å². The minimum Gasteiger partial charge on any atom is -0.378 e. The third-order valence-electron chi connectivity index (χ3n) is 2.63. The first-order chi connectivity index (χ1) is 8.67. The summed E-state index contributed by atoms with van der Waals surface area (Å²) in [5.74, 6) is 0.665. The van der Waals surface area contributed by atoms with Gasteiger partial charge in [-0.05, 0) is 12.5 Å². The van der Waals surface area contributed by atoms with Crippen molar-refractivity contribution in [2.45, 2.75) is 20.0 Å². The lowest BCUT2D eigenvalue weighted by Gasteiger charge is -2.04. The van der Waals surface area contributed by atoms with Crippen molar-refractivity contribution in [2.24, 2.45) is 0 Å². The number of aromatic amines is 1. The highest BCUT2D eigenvalue weighted by Gasteiger charge is 2.02. The van der Waals surface area contributed by atoms with E-state index in [0.717, 1.165) is 5.56 Å². The van der Waals surface area contributed by atoms with Crippen LogP contribution < -0.4 is 5.56 Å². The average molecular weight is 244 g/mol. The van der Waals surface area contributed by atoms with E-state index in [1.54, 1.807) is 7.11 Å². The van der Waals surface area contributed by atoms with Crippen molar-refractivity contribution in [2.75, 3.05) is 7.11 Å². The topological polar surface area (TPSA) is 55.0 Å². The first kappa shape index (κ1) is 12.5. The Kier molecular flexibility index (Phi) is 3.89. The number of ether oxygens (including phenoxy) is 1. The fraction of sp³-hybridized carbons (Fsp3) is 0.286. The number of aryl methyl sites for hydroxylation is 1. The number of nitrogens with one attached hydrogen (secondary N) is 1. The monoisotopic (exact) mass is 244 g/mol. The lowest BCUT2D eigenvalue weighted by Crippen LogP contribution is -2.13. The zero-order chi connectivity index (χ0) is 13.0. The molecule has 4 nitrogen and oxygen atoms in total. The SMILES string of the molecule is COCc1cc(=O)[nH]c(Cc2ccc(C)cc2)n1. The van der Waals surface area contributed by atoms with Crippen LogP contribution in [0, 0.1) is 6.92 Å². The second-order valence-electron chi connectivity index (χ2n) is 4.28. The van der Waals surface area contributed by atoms with Gasteiger partial charge < -0.3 is 9.72 Å². The van der Waals surface area contributed by atoms with Crippen LogP contribution >= 0.6 is 0 Å². The molecule has 0 saturated heterocycles. The molecule has 1 aromatic heterocycles. The Morgan fingerprint density at radius 2 is 2.00 bits per heavy atom. The van der Waals surface area contributed by atoms with Crippen LogP contribution in [0.4, 0.5) is 0 Å². The number of methoxy groups -OCH3 is 1. The maximum Gasteiger partial charge on any atom is 0.251 e. The molecule has 0 bridgehead atoms. The predicted octanol–water partition coefficient (Wildman–Crippen LogP) is 1.82. The van der Waals surface area contributed by atoms with E-state index in [2.05, 4.69) is 9.97 Å². The largest absolute Gasteiger partial charge is 0.378 e. The quantitative estimate of drug-likeness (QED) is 0.892. The zero-order valence-corrected chi connectivity index (χ0v) is 10.6. The molecule has 2 aromatic rings. The van der Waals surface area contributed by atoms with E-state index in [0.29, 0.717) is 24.5 Å². The Bertz CT molecular complexity index is 573. The maximum absolute atomic E-state index is 11.5. The molecule has 2 rings (SSSR count). The lowest BCUT2D eigenvalue weighted by molar-refractivity contribution is 0.181. The van der Waals surface area contributed by atoms with E-state index in [4.69, 9.17) is 4.74 Å². The second kappa shape index (κ2) is 5.60. The average Bonchev–Trinajstić information content (AvgIpc) is 2.32. The van der Waals surface area contributed by atoms with Crippen LogP contribution in [-0.2, 0) is 17.8 Å². The Labute approximate surface area is 106 Å². The molecule has 18 heavy (non-hydrogen) atoms. The summed E-state index contributed by atoms with van der Waals surface area (Å²) < 4.78 is 4.99. The van der Waals surface area contributed by atoms with Gasteiger partial charge in [0.2, 0.25) is 0 Å². The number of hydrogen-bond donors (Lipinski definition) is 1. The van der Waals surface area contributed by atoms with Crippen LogP contribution in [0.15, 0.2) is 35.1 Å². The summed E-state index contributed by atoms with van der Waals surface area (Å²) >= 11 is 0. The van der Waals surface area contributed by atoms with Gasteiger partial charge in [0.25, 0.3) is 5.56 Å². The molecule has 0 amide bonds. The Hall–Kier alpha value is -1.94. The highest BCUT2D eigenvalue weighted by Crippen LogP contribution is 2.07. The van der Waals surface area contributed by atoms with E-state index in [1.807, 2.05) is 31.2 Å². The van der Waals surface area contributed by atoms with E-state index < -0.39 is 0 Å². The standard InChI is InChI=1S/C14H16N2O2/c1-10-3-5-11(6-4-10)7-13-15-12(9-18-2)8-14(17)16-13/h3-6,8H,7,9H2,1-2H3,(H,15,16,17). The van der Waals surface area contributed by atoms with Gasteiger partial charge in [-0.3, -0.25) is 4.79 Å². The summed E-state index contributed by atoms with van der Waals surface area (Å²) in [6.45, 7) is 2.40. The highest BCUT2D eigenvalue weighted by atomic mass is 16.5. The van der Waals surface area contributed by atoms with Gasteiger partial charge in [-0.25, -0.2) is 4.98 Å². The molecule has 0 unspecified atom stereocenters. The number of nitrogens with zero attached hydrogens (tertiary/aromatic N) is 1. The molecule has 0 spiro atoms. The highest BCUT2D eigenvalue weighted by molar-refractivity contribution is 5.24. The zero-order valence-electron chi connectivity index (χ0n) is 10.6. The van der Waals surface area contributed by atoms with Crippen molar-refractivity contribution in [1.29, 1.82) is 0 Å². The summed E-state index contributed by atoms with van der Waals surface area (Å²) in [6.07, 6.45) is 0.618. The predicted molar refractivity (Wildman–Crippen MR) is 69.6 cm³/mol. The molecule has 0 fully saturated rings. The fourth-order valence-electron chi connectivity index (χ4n) is 1.77. The number of rotatable bonds is 4. The minimum absolute atomic E-state index is 0.140. The van der Waals surface area contributed by atoms with Gasteiger partial charge in [-0.15, -0.1) is 0 Å². The molecular formula is C14H16N2O2. The maximum atomic E-state index is 11.5. The van der Waals surface area contributed by atoms with E-state index in [9.17, 15) is 4.79 Å². The summed E-state index contributed by atoms with van der Waals surface area (Å²) in [6, 6.07) is 9.64. The molecule has 1 aromatic carbocycles. The lowest BCUT2D eigenvalue weighted by atomic mass is 10.1. The molecule has 94 valence electrons. The number of benzene rings is 1. The molecule has 0 aliphatic carbocycles. The Morgan fingerprint density at radius 3 is 2.67 bits per heavy atom. The normalized spacial score (nSPS) is 10.6. The van der Waals surface area contributed by atoms with Crippen molar-refractivity contribution in [3.8, 4) is 0 Å². The van der Waals surface area contributed by atoms with Crippen LogP contribution in [0.3, 0.4) is 0 Å². The molecular weight excluding hydrogens is 228 g/mol. The molecule has 0 atom stereocenters. The first-order valence-corrected chi connectivity index (χ1v) is 5.81. The third-order valence-corrected chi connectivity index (χ3v) is 2.63. The van der Waals surface area contributed by atoms with Crippen LogP contribution in [0.2, 0.25) is 0 Å². The molecule has 4 heteroatoms. The molecule has 0 saturated carbocycles.